The van der Waals surface area contributed by atoms with Crippen molar-refractivity contribution in [3.63, 3.8) is 0 Å². The Hall–Kier alpha value is -4.85. The zero-order chi connectivity index (χ0) is 72.8. The van der Waals surface area contributed by atoms with Gasteiger partial charge in [-0.05, 0) is 128 Å². The molecule has 97 heavy (non-hydrogen) atoms. The van der Waals surface area contributed by atoms with Gasteiger partial charge in [0.05, 0.1) is 0 Å². The molecule has 0 saturated heterocycles. The van der Waals surface area contributed by atoms with Crippen molar-refractivity contribution in [3.05, 3.63) is 0 Å². The third-order valence-electron chi connectivity index (χ3n) is 18.5. The highest BCUT2D eigenvalue weighted by Gasteiger charge is 2.35. The van der Waals surface area contributed by atoms with Crippen LogP contribution in [0.3, 0.4) is 0 Å². The lowest BCUT2D eigenvalue weighted by atomic mass is 9.92. The van der Waals surface area contributed by atoms with Crippen molar-refractivity contribution >= 4 is 53.2 Å². The Morgan fingerprint density at radius 2 is 0.464 bits per heavy atom. The summed E-state index contributed by atoms with van der Waals surface area (Å²) in [5.41, 5.74) is 11.8. The molecule has 0 heterocycles. The number of hydrogen-bond donors (Lipinski definition) is 11. The quantitative estimate of drug-likeness (QED) is 0.0254. The molecule has 20 nitrogen and oxygen atoms in total. The van der Waals surface area contributed by atoms with E-state index >= 15 is 0 Å². The van der Waals surface area contributed by atoms with E-state index < -0.39 is 89.7 Å². The van der Waals surface area contributed by atoms with Crippen molar-refractivity contribution in [2.75, 3.05) is 20.1 Å². The van der Waals surface area contributed by atoms with Gasteiger partial charge in [-0.1, -0.05) is 249 Å². The molecular formula is C77H149N11O9. The van der Waals surface area contributed by atoms with Crippen molar-refractivity contribution in [1.29, 1.82) is 0 Å². The SMILES string of the molecule is CCCCCCCCCCCCCCCCC(CCCCCCCCCCCCCCCC)C(=O)NC(CCCCN)C(=O)NC(CC(C)C)C(=O)NC(C)C(=O)NC(CC(C)C)C(=O)NC(CCCCN)C(=O)NC(CC(C)C)C(=O)NC(C)C(=O)NC(CC(C)C)C(=O)NC. The minimum atomic E-state index is -1.17. The first-order valence-electron chi connectivity index (χ1n) is 39.4. The molecule has 8 atom stereocenters. The fourth-order valence-corrected chi connectivity index (χ4v) is 12.5. The van der Waals surface area contributed by atoms with Gasteiger partial charge in [0.2, 0.25) is 53.2 Å². The van der Waals surface area contributed by atoms with Gasteiger partial charge in [-0.15, -0.1) is 0 Å². The Bertz CT molecular complexity index is 2080. The van der Waals surface area contributed by atoms with Gasteiger partial charge in [0.15, 0.2) is 0 Å². The van der Waals surface area contributed by atoms with Crippen LogP contribution in [0.2, 0.25) is 0 Å². The number of nitrogens with one attached hydrogen (secondary N) is 9. The van der Waals surface area contributed by atoms with Gasteiger partial charge in [-0.3, -0.25) is 43.2 Å². The number of unbranched alkanes of at least 4 members (excludes halogenated alkanes) is 28. The molecule has 9 amide bonds. The van der Waals surface area contributed by atoms with Crippen LogP contribution in [0.5, 0.6) is 0 Å². The van der Waals surface area contributed by atoms with Gasteiger partial charge in [0.1, 0.15) is 48.3 Å². The molecule has 8 unspecified atom stereocenters. The van der Waals surface area contributed by atoms with Crippen LogP contribution >= 0.6 is 0 Å². The fourth-order valence-electron chi connectivity index (χ4n) is 12.5. The Balaban J connectivity index is 6.31. The summed E-state index contributed by atoms with van der Waals surface area (Å²) in [6, 6.07) is -8.39. The maximum atomic E-state index is 14.5. The Labute approximate surface area is 591 Å². The van der Waals surface area contributed by atoms with Gasteiger partial charge < -0.3 is 59.3 Å². The Morgan fingerprint density at radius 1 is 0.247 bits per heavy atom. The van der Waals surface area contributed by atoms with Crippen molar-refractivity contribution in [1.82, 2.24) is 47.9 Å². The zero-order valence-corrected chi connectivity index (χ0v) is 64.0. The number of amides is 9. The monoisotopic (exact) mass is 1370 g/mol. The molecule has 0 aromatic rings. The van der Waals surface area contributed by atoms with Crippen LogP contribution < -0.4 is 59.3 Å². The number of nitrogens with two attached hydrogens (primary N) is 2. The molecule has 0 fully saturated rings. The number of carbonyl (C=O) groups is 9. The number of hydrogen-bond acceptors (Lipinski definition) is 11. The third kappa shape index (κ3) is 47.8. The van der Waals surface area contributed by atoms with Crippen LogP contribution in [0.1, 0.15) is 340 Å². The molecule has 0 aliphatic rings. The highest BCUT2D eigenvalue weighted by atomic mass is 16.2. The largest absolute Gasteiger partial charge is 0.357 e. The van der Waals surface area contributed by atoms with E-state index in [9.17, 15) is 43.2 Å². The van der Waals surface area contributed by atoms with Crippen LogP contribution in [0.25, 0.3) is 0 Å². The van der Waals surface area contributed by atoms with Gasteiger partial charge in [0, 0.05) is 13.0 Å². The minimum Gasteiger partial charge on any atom is -0.357 e. The summed E-state index contributed by atoms with van der Waals surface area (Å²) in [5, 5.41) is 25.3. The van der Waals surface area contributed by atoms with E-state index in [1.165, 1.54) is 162 Å². The summed E-state index contributed by atoms with van der Waals surface area (Å²) in [6.07, 6.45) is 40.4. The molecule has 0 aromatic heterocycles. The van der Waals surface area contributed by atoms with Crippen LogP contribution in [0.4, 0.5) is 0 Å². The van der Waals surface area contributed by atoms with E-state index in [-0.39, 0.29) is 67.1 Å². The van der Waals surface area contributed by atoms with E-state index in [4.69, 9.17) is 11.5 Å². The van der Waals surface area contributed by atoms with E-state index in [1.54, 1.807) is 0 Å². The Kier molecular flexibility index (Phi) is 56.0. The summed E-state index contributed by atoms with van der Waals surface area (Å²) in [4.78, 5) is 126. The average molecular weight is 1370 g/mol. The van der Waals surface area contributed by atoms with Gasteiger partial charge >= 0.3 is 0 Å². The van der Waals surface area contributed by atoms with Crippen molar-refractivity contribution < 1.29 is 43.2 Å². The summed E-state index contributed by atoms with van der Waals surface area (Å²) in [5.74, 6) is -5.08. The maximum absolute atomic E-state index is 14.5. The second-order valence-electron chi connectivity index (χ2n) is 30.0. The summed E-state index contributed by atoms with van der Waals surface area (Å²) in [7, 11) is 1.48. The topological polar surface area (TPSA) is 314 Å². The molecule has 0 spiro atoms. The molecule has 0 saturated carbocycles. The highest BCUT2D eigenvalue weighted by Crippen LogP contribution is 2.23. The average Bonchev–Trinajstić information content (AvgIpc) is 1.24. The van der Waals surface area contributed by atoms with Crippen molar-refractivity contribution in [2.45, 2.75) is 388 Å². The molecule has 0 aliphatic heterocycles. The smallest absolute Gasteiger partial charge is 0.243 e. The zero-order valence-electron chi connectivity index (χ0n) is 64.0. The first-order chi connectivity index (χ1) is 46.3. The molecule has 0 rings (SSSR count). The maximum Gasteiger partial charge on any atom is 0.243 e. The lowest BCUT2D eigenvalue weighted by molar-refractivity contribution is -0.136. The molecule has 0 radical (unpaired) electrons. The third-order valence-corrected chi connectivity index (χ3v) is 18.5. The normalized spacial score (nSPS) is 14.1. The van der Waals surface area contributed by atoms with Crippen LogP contribution in [-0.2, 0) is 43.2 Å². The second kappa shape index (κ2) is 58.9. The van der Waals surface area contributed by atoms with Gasteiger partial charge in [0.25, 0.3) is 0 Å². The molecule has 13 N–H and O–H groups in total. The van der Waals surface area contributed by atoms with E-state index in [1.807, 2.05) is 55.4 Å². The first kappa shape index (κ1) is 92.2. The van der Waals surface area contributed by atoms with E-state index in [0.717, 1.165) is 51.4 Å². The lowest BCUT2D eigenvalue weighted by Gasteiger charge is -2.28. The fraction of sp³-hybridized carbons (Fsp3) is 0.883. The highest BCUT2D eigenvalue weighted by molar-refractivity contribution is 5.98. The summed E-state index contributed by atoms with van der Waals surface area (Å²) in [6.45, 7) is 23.5. The first-order valence-corrected chi connectivity index (χ1v) is 39.4. The standard InChI is InChI=1S/C77H149N11O9/c1-14-16-18-20-22-24-26-28-30-32-34-36-38-40-46-62(47-41-39-37-35-33-31-29-27-25-23-21-19-17-15-2)71(91)83-63(48-42-44-50-78)73(93)87-66(53-57(5)6)75(95)82-61(12)70(90)86-68(55-59(9)10)77(97)84-64(49-43-45-51-79)74(94)88-67(54-58(7)8)76(96)81-60(11)69(89)85-65(52-56(3)4)72(92)80-13/h56-68H,14-55,78-79H2,1-13H3,(H,80,92)(H,81,96)(H,82,95)(H,83,91)(H,84,97)(H,85,89)(H,86,90)(H,87,93)(H,88,94). The summed E-state index contributed by atoms with van der Waals surface area (Å²) >= 11 is 0. The number of carbonyl (C=O) groups excluding carboxylic acids is 9. The van der Waals surface area contributed by atoms with Crippen LogP contribution in [-0.4, -0.2) is 122 Å². The summed E-state index contributed by atoms with van der Waals surface area (Å²) < 4.78 is 0. The van der Waals surface area contributed by atoms with Gasteiger partial charge in [-0.2, -0.15) is 0 Å². The van der Waals surface area contributed by atoms with E-state index in [2.05, 4.69) is 61.7 Å². The molecule has 0 aromatic carbocycles. The molecular weight excluding hydrogens is 1220 g/mol. The predicted octanol–water partition coefficient (Wildman–Crippen LogP) is 12.5. The lowest BCUT2D eigenvalue weighted by Crippen LogP contribution is -2.60. The molecule has 0 bridgehead atoms. The number of likely N-dealkylation sites (N-methyl/N-ethyl adjacent to an activating group) is 1. The molecule has 566 valence electrons. The van der Waals surface area contributed by atoms with E-state index in [0.29, 0.717) is 51.6 Å². The number of rotatable bonds is 63. The predicted molar refractivity (Wildman–Crippen MR) is 398 cm³/mol. The molecule has 20 heteroatoms. The van der Waals surface area contributed by atoms with Crippen molar-refractivity contribution in [3.8, 4) is 0 Å². The Morgan fingerprint density at radius 3 is 0.732 bits per heavy atom. The van der Waals surface area contributed by atoms with Crippen LogP contribution in [0, 0.1) is 29.6 Å². The van der Waals surface area contributed by atoms with Crippen molar-refractivity contribution in [2.24, 2.45) is 41.1 Å². The molecule has 0 aliphatic carbocycles. The second-order valence-corrected chi connectivity index (χ2v) is 30.0. The minimum absolute atomic E-state index is 0.0480. The van der Waals surface area contributed by atoms with Gasteiger partial charge in [-0.25, -0.2) is 0 Å². The van der Waals surface area contributed by atoms with Crippen LogP contribution in [0.15, 0.2) is 0 Å².